The number of fused-ring (bicyclic) bond motifs is 12. The zero-order valence-electron chi connectivity index (χ0n) is 50.6. The van der Waals surface area contributed by atoms with Crippen LogP contribution in [0.5, 0.6) is 34.5 Å². The first-order valence-corrected chi connectivity index (χ1v) is 29.7. The summed E-state index contributed by atoms with van der Waals surface area (Å²) in [4.78, 5) is 37.7. The minimum Gasteiger partial charge on any atom is -0.462 e. The van der Waals surface area contributed by atoms with Gasteiger partial charge in [0.05, 0.1) is 0 Å². The zero-order chi connectivity index (χ0) is 65.2. The van der Waals surface area contributed by atoms with E-state index in [9.17, 15) is 0 Å². The summed E-state index contributed by atoms with van der Waals surface area (Å²) in [6, 6.07) is 35.6. The van der Waals surface area contributed by atoms with Crippen LogP contribution in [0.2, 0.25) is 0 Å². The molecule has 3 atom stereocenters. The number of halogens is 1. The largest absolute Gasteiger partial charge is 0.491 e. The molecule has 0 radical (unpaired) electrons. The number of hydrogen-bond acceptors (Lipinski definition) is 23. The first-order valence-electron chi connectivity index (χ1n) is 28.9. The molecule has 6 aromatic carbocycles. The van der Waals surface area contributed by atoms with Crippen LogP contribution >= 0.6 is 15.9 Å². The summed E-state index contributed by atoms with van der Waals surface area (Å²) in [7, 11) is 3.38. The van der Waals surface area contributed by atoms with E-state index < -0.39 is 23.7 Å². The number of methoxy groups -OCH3 is 3. The van der Waals surface area contributed by atoms with Crippen LogP contribution in [0.15, 0.2) is 185 Å². The quantitative estimate of drug-likeness (QED) is 0.0829. The normalized spacial score (nSPS) is 17.9. The van der Waals surface area contributed by atoms with Crippen LogP contribution in [-0.4, -0.2) is 126 Å². The van der Waals surface area contributed by atoms with Gasteiger partial charge in [-0.2, -0.15) is 0 Å². The molecule has 25 heteroatoms. The Hall–Kier alpha value is -11.2. The van der Waals surface area contributed by atoms with E-state index in [2.05, 4.69) is 86.3 Å². The molecular weight excluding hydrogens is 1260 g/mol. The number of amidine groups is 3. The number of aromatic nitrogens is 6. The van der Waals surface area contributed by atoms with Gasteiger partial charge in [-0.25, -0.2) is 44.9 Å². The van der Waals surface area contributed by atoms with E-state index in [-0.39, 0.29) is 31.3 Å². The molecule has 1 unspecified atom stereocenters. The molecule has 6 aliphatic heterocycles. The van der Waals surface area contributed by atoms with Crippen molar-refractivity contribution in [3.63, 3.8) is 0 Å². The van der Waals surface area contributed by atoms with Gasteiger partial charge in [0.2, 0.25) is 0 Å². The van der Waals surface area contributed by atoms with Gasteiger partial charge in [-0.3, -0.25) is 0 Å². The van der Waals surface area contributed by atoms with Crippen LogP contribution in [0.1, 0.15) is 50.1 Å². The van der Waals surface area contributed by atoms with E-state index in [0.29, 0.717) is 54.9 Å². The van der Waals surface area contributed by atoms with Gasteiger partial charge in [0.1, 0.15) is 93.1 Å². The van der Waals surface area contributed by atoms with E-state index in [1.807, 2.05) is 109 Å². The van der Waals surface area contributed by atoms with Crippen molar-refractivity contribution in [3.8, 4) is 92.3 Å². The SMILES string of the molecule is COCC#Cc1ccc2c(c1)C1(COC(N)=N1)c1cc(Br)ccc1O2.COCC#Cc1ccc2c(c1)[C@@]1(COC(N)=N1)c1cc(-c3cncnc3)ccc1O2.COCC#Cc1ccc2c(c1)[C@]1(COC(N)=N1)c1cc(-c3cncnc3)ccc1O2.OB(O)c1cncnc1. The maximum atomic E-state index is 8.50. The molecule has 0 bridgehead atoms. The van der Waals surface area contributed by atoms with Gasteiger partial charge in [-0.15, -0.1) is 0 Å². The maximum absolute atomic E-state index is 8.50. The molecule has 9 aromatic rings. The fourth-order valence-corrected chi connectivity index (χ4v) is 11.5. The van der Waals surface area contributed by atoms with Crippen LogP contribution in [0.25, 0.3) is 22.3 Å². The highest BCUT2D eigenvalue weighted by Gasteiger charge is 2.50. The summed E-state index contributed by atoms with van der Waals surface area (Å²) in [5.41, 5.74) is 27.3. The van der Waals surface area contributed by atoms with Crippen LogP contribution < -0.4 is 36.9 Å². The number of aliphatic imine (C=N–C) groups is 3. The van der Waals surface area contributed by atoms with Crippen molar-refractivity contribution in [1.29, 1.82) is 0 Å². The second-order valence-electron chi connectivity index (χ2n) is 21.3. The van der Waals surface area contributed by atoms with E-state index in [1.54, 1.807) is 46.1 Å². The predicted molar refractivity (Wildman–Crippen MR) is 352 cm³/mol. The molecule has 15 rings (SSSR count). The van der Waals surface area contributed by atoms with Crippen molar-refractivity contribution in [2.45, 2.75) is 16.6 Å². The lowest BCUT2D eigenvalue weighted by Gasteiger charge is -2.33. The summed E-state index contributed by atoms with van der Waals surface area (Å²) in [5, 5.41) is 17.0. The summed E-state index contributed by atoms with van der Waals surface area (Å²) in [6.07, 6.45) is 14.1. The van der Waals surface area contributed by atoms with Crippen LogP contribution in [0, 0.1) is 35.5 Å². The molecule has 3 spiro atoms. The van der Waals surface area contributed by atoms with Gasteiger partial charge in [0, 0.05) is 130 Å². The number of ether oxygens (including phenoxy) is 9. The molecule has 0 aliphatic carbocycles. The Morgan fingerprint density at radius 2 is 0.734 bits per heavy atom. The lowest BCUT2D eigenvalue weighted by molar-refractivity contribution is 0.239. The maximum Gasteiger partial charge on any atom is 0.491 e. The van der Waals surface area contributed by atoms with E-state index in [4.69, 9.17) is 79.9 Å². The highest BCUT2D eigenvalue weighted by molar-refractivity contribution is 9.10. The Morgan fingerprint density at radius 1 is 0.426 bits per heavy atom. The van der Waals surface area contributed by atoms with Crippen molar-refractivity contribution >= 4 is 46.6 Å². The van der Waals surface area contributed by atoms with Crippen molar-refractivity contribution in [2.75, 3.05) is 61.0 Å². The average molecular weight is 1320 g/mol. The smallest absolute Gasteiger partial charge is 0.462 e. The topological polar surface area (TPSA) is 316 Å². The van der Waals surface area contributed by atoms with Crippen LogP contribution in [0.3, 0.4) is 0 Å². The Bertz CT molecular complexity index is 4440. The van der Waals surface area contributed by atoms with Crippen LogP contribution in [0.4, 0.5) is 0 Å². The van der Waals surface area contributed by atoms with Gasteiger partial charge < -0.3 is 69.9 Å². The highest BCUT2D eigenvalue weighted by atomic mass is 79.9. The number of hydrogen-bond donors (Lipinski definition) is 5. The molecule has 9 heterocycles. The molecule has 6 aliphatic rings. The van der Waals surface area contributed by atoms with Gasteiger partial charge >= 0.3 is 7.12 Å². The number of nitrogens with zero attached hydrogens (tertiary/aromatic N) is 9. The molecule has 8 N–H and O–H groups in total. The monoisotopic (exact) mass is 1320 g/mol. The summed E-state index contributed by atoms with van der Waals surface area (Å²) in [6.45, 7) is 1.99. The Labute approximate surface area is 548 Å². The van der Waals surface area contributed by atoms with Gasteiger partial charge in [0.25, 0.3) is 18.1 Å². The van der Waals surface area contributed by atoms with Crippen molar-refractivity contribution < 1.29 is 52.7 Å². The van der Waals surface area contributed by atoms with E-state index in [1.165, 1.54) is 31.4 Å². The summed E-state index contributed by atoms with van der Waals surface area (Å²) >= 11 is 3.52. The third kappa shape index (κ3) is 13.0. The Kier molecular flexibility index (Phi) is 18.6. The van der Waals surface area contributed by atoms with Crippen LogP contribution in [-0.2, 0) is 45.0 Å². The molecule has 0 saturated heterocycles. The van der Waals surface area contributed by atoms with Gasteiger partial charge in [-0.05, 0) is 108 Å². The van der Waals surface area contributed by atoms with Gasteiger partial charge in [-0.1, -0.05) is 63.6 Å². The molecule has 0 fully saturated rings. The second-order valence-corrected chi connectivity index (χ2v) is 22.2. The Morgan fingerprint density at radius 3 is 1.04 bits per heavy atom. The molecular formula is C69H56BBrN12O11. The van der Waals surface area contributed by atoms with E-state index in [0.717, 1.165) is 88.3 Å². The lowest BCUT2D eigenvalue weighted by Crippen LogP contribution is -2.31. The zero-order valence-corrected chi connectivity index (χ0v) is 52.2. The van der Waals surface area contributed by atoms with Crippen molar-refractivity contribution in [3.05, 3.63) is 220 Å². The number of rotatable bonds is 6. The minimum absolute atomic E-state index is 0.151. The molecule has 23 nitrogen and oxygen atoms in total. The summed E-state index contributed by atoms with van der Waals surface area (Å²) < 4.78 is 51.2. The third-order valence-corrected chi connectivity index (χ3v) is 15.9. The molecule has 468 valence electrons. The van der Waals surface area contributed by atoms with E-state index >= 15 is 0 Å². The van der Waals surface area contributed by atoms with Crippen molar-refractivity contribution in [2.24, 2.45) is 32.2 Å². The molecule has 94 heavy (non-hydrogen) atoms. The first kappa shape index (κ1) is 63.0. The standard InChI is InChI=1S/2C23H18N4O3.C19H15BrN2O3.C4H5BN2O2/c2*1-28-8-2-3-15-4-6-20-18(9-15)23(13-29-22(24)27-23)19-10-16(5-7-21(19)30-20)17-11-25-14-26-12-17;1-23-8-2-3-12-4-6-16-14(9-12)19(11-24-18(21)22-19)15-10-13(20)5-7-17(15)25-16;8-5(9)4-1-6-3-7-2-4/h2*4-7,9-12,14H,8,13H2,1H3,(H2,24,27);4-7,9-10H,8,11H2,1H3,(H2,21,22);1-3,8-9H/t2*23-;;/m10../s1. The van der Waals surface area contributed by atoms with Gasteiger partial charge in [0.15, 0.2) is 16.6 Å². The second kappa shape index (κ2) is 27.7. The highest BCUT2D eigenvalue weighted by Crippen LogP contribution is 2.55. The minimum atomic E-state index is -1.47. The number of benzene rings is 6. The Balaban J connectivity index is 0.000000127. The summed E-state index contributed by atoms with van der Waals surface area (Å²) in [5.74, 6) is 22.5. The molecule has 3 aromatic heterocycles. The fraction of sp³-hybridized carbons (Fsp3) is 0.174. The molecule has 0 amide bonds. The lowest BCUT2D eigenvalue weighted by atomic mass is 9.80. The molecule has 0 saturated carbocycles. The third-order valence-electron chi connectivity index (χ3n) is 15.4. The van der Waals surface area contributed by atoms with Crippen molar-refractivity contribution in [1.82, 2.24) is 29.9 Å². The number of nitrogens with two attached hydrogens (primary N) is 3. The average Bonchev–Trinajstić information content (AvgIpc) is 1.39. The predicted octanol–water partition coefficient (Wildman–Crippen LogP) is 6.97. The fourth-order valence-electron chi connectivity index (χ4n) is 11.1. The first-order chi connectivity index (χ1) is 45.8.